The molecule has 110 valence electrons. The SMILES string of the molecule is CCCO[C@@H]1OC[C@@H](C)C(OC(C)=O)[C@@H]1OC(C)=O. The van der Waals surface area contributed by atoms with Crippen molar-refractivity contribution >= 4 is 11.9 Å². The Morgan fingerprint density at radius 2 is 1.74 bits per heavy atom. The van der Waals surface area contributed by atoms with Gasteiger partial charge in [-0.15, -0.1) is 0 Å². The van der Waals surface area contributed by atoms with Crippen LogP contribution in [-0.4, -0.2) is 43.7 Å². The molecule has 6 heteroatoms. The van der Waals surface area contributed by atoms with Crippen molar-refractivity contribution in [3.05, 3.63) is 0 Å². The van der Waals surface area contributed by atoms with E-state index in [1.807, 2.05) is 13.8 Å². The molecule has 1 heterocycles. The Kier molecular flexibility index (Phi) is 6.24. The molecule has 0 amide bonds. The maximum atomic E-state index is 11.2. The molecule has 0 N–H and O–H groups in total. The maximum absolute atomic E-state index is 11.2. The highest BCUT2D eigenvalue weighted by molar-refractivity contribution is 5.67. The van der Waals surface area contributed by atoms with Crippen molar-refractivity contribution in [3.63, 3.8) is 0 Å². The van der Waals surface area contributed by atoms with Crippen LogP contribution in [0.1, 0.15) is 34.1 Å². The molecule has 19 heavy (non-hydrogen) atoms. The third kappa shape index (κ3) is 4.80. The second-order valence-corrected chi connectivity index (χ2v) is 4.70. The number of hydrogen-bond acceptors (Lipinski definition) is 6. The van der Waals surface area contributed by atoms with Crippen molar-refractivity contribution < 1.29 is 28.5 Å². The van der Waals surface area contributed by atoms with Gasteiger partial charge in [0.1, 0.15) is 6.10 Å². The summed E-state index contributed by atoms with van der Waals surface area (Å²) in [7, 11) is 0. The lowest BCUT2D eigenvalue weighted by atomic mass is 9.97. The van der Waals surface area contributed by atoms with Crippen molar-refractivity contribution in [1.82, 2.24) is 0 Å². The van der Waals surface area contributed by atoms with E-state index in [1.54, 1.807) is 0 Å². The van der Waals surface area contributed by atoms with E-state index in [9.17, 15) is 9.59 Å². The number of esters is 2. The molecular formula is C13H22O6. The summed E-state index contributed by atoms with van der Waals surface area (Å²) in [5.74, 6) is -0.926. The molecule has 1 rings (SSSR count). The standard InChI is InChI=1S/C13H22O6/c1-5-6-16-13-12(19-10(4)15)11(18-9(3)14)8(2)7-17-13/h8,11-13H,5-7H2,1-4H3/t8-,11?,12+,13-/m1/s1. The van der Waals surface area contributed by atoms with Gasteiger partial charge in [0.25, 0.3) is 0 Å². The first-order chi connectivity index (χ1) is 8.95. The summed E-state index contributed by atoms with van der Waals surface area (Å²) >= 11 is 0. The van der Waals surface area contributed by atoms with Crippen molar-refractivity contribution in [2.24, 2.45) is 5.92 Å². The third-order valence-corrected chi connectivity index (χ3v) is 2.77. The van der Waals surface area contributed by atoms with Crippen LogP contribution >= 0.6 is 0 Å². The molecule has 0 aromatic rings. The van der Waals surface area contributed by atoms with Crippen LogP contribution in [0.5, 0.6) is 0 Å². The van der Waals surface area contributed by atoms with Gasteiger partial charge >= 0.3 is 11.9 Å². The maximum Gasteiger partial charge on any atom is 0.303 e. The van der Waals surface area contributed by atoms with Crippen molar-refractivity contribution in [2.75, 3.05) is 13.2 Å². The van der Waals surface area contributed by atoms with Gasteiger partial charge < -0.3 is 18.9 Å². The normalized spacial score (nSPS) is 30.7. The molecular weight excluding hydrogens is 252 g/mol. The first-order valence-corrected chi connectivity index (χ1v) is 6.53. The highest BCUT2D eigenvalue weighted by atomic mass is 16.7. The van der Waals surface area contributed by atoms with Gasteiger partial charge in [0.05, 0.1) is 6.61 Å². The van der Waals surface area contributed by atoms with Crippen LogP contribution in [-0.2, 0) is 28.5 Å². The van der Waals surface area contributed by atoms with E-state index in [1.165, 1.54) is 13.8 Å². The third-order valence-electron chi connectivity index (χ3n) is 2.77. The number of ether oxygens (including phenoxy) is 4. The van der Waals surface area contributed by atoms with E-state index in [4.69, 9.17) is 18.9 Å². The molecule has 1 unspecified atom stereocenters. The van der Waals surface area contributed by atoms with Crippen molar-refractivity contribution in [1.29, 1.82) is 0 Å². The topological polar surface area (TPSA) is 71.1 Å². The summed E-state index contributed by atoms with van der Waals surface area (Å²) in [4.78, 5) is 22.4. The quantitative estimate of drug-likeness (QED) is 0.703. The smallest absolute Gasteiger partial charge is 0.303 e. The molecule has 6 nitrogen and oxygen atoms in total. The van der Waals surface area contributed by atoms with Gasteiger partial charge in [-0.3, -0.25) is 9.59 Å². The molecule has 1 aliphatic heterocycles. The van der Waals surface area contributed by atoms with E-state index in [0.717, 1.165) is 6.42 Å². The lowest BCUT2D eigenvalue weighted by Crippen LogP contribution is -2.53. The summed E-state index contributed by atoms with van der Waals surface area (Å²) in [6, 6.07) is 0. The summed E-state index contributed by atoms with van der Waals surface area (Å²) in [5.41, 5.74) is 0. The van der Waals surface area contributed by atoms with Crippen LogP contribution in [0.25, 0.3) is 0 Å². The highest BCUT2D eigenvalue weighted by Gasteiger charge is 2.43. The molecule has 0 aromatic carbocycles. The van der Waals surface area contributed by atoms with E-state index in [-0.39, 0.29) is 5.92 Å². The minimum Gasteiger partial charge on any atom is -0.458 e. The van der Waals surface area contributed by atoms with Gasteiger partial charge in [0.2, 0.25) is 0 Å². The molecule has 4 atom stereocenters. The Balaban J connectivity index is 2.80. The lowest BCUT2D eigenvalue weighted by Gasteiger charge is -2.39. The van der Waals surface area contributed by atoms with E-state index >= 15 is 0 Å². The predicted molar refractivity (Wildman–Crippen MR) is 66.3 cm³/mol. The average molecular weight is 274 g/mol. The Bertz CT molecular complexity index is 314. The minimum atomic E-state index is -0.725. The van der Waals surface area contributed by atoms with Crippen LogP contribution in [0.4, 0.5) is 0 Å². The number of carbonyl (C=O) groups excluding carboxylic acids is 2. The molecule has 0 aromatic heterocycles. The largest absolute Gasteiger partial charge is 0.458 e. The van der Waals surface area contributed by atoms with Crippen LogP contribution in [0, 0.1) is 5.92 Å². The zero-order valence-corrected chi connectivity index (χ0v) is 11.9. The summed E-state index contributed by atoms with van der Waals surface area (Å²) in [5, 5.41) is 0. The zero-order valence-electron chi connectivity index (χ0n) is 11.9. The van der Waals surface area contributed by atoms with Gasteiger partial charge in [0.15, 0.2) is 12.4 Å². The van der Waals surface area contributed by atoms with Crippen molar-refractivity contribution in [2.45, 2.75) is 52.6 Å². The van der Waals surface area contributed by atoms with Crippen LogP contribution < -0.4 is 0 Å². The Hall–Kier alpha value is -1.14. The molecule has 0 spiro atoms. The predicted octanol–water partition coefficient (Wildman–Crippen LogP) is 1.27. The number of hydrogen-bond donors (Lipinski definition) is 0. The Labute approximate surface area is 113 Å². The Morgan fingerprint density at radius 1 is 1.16 bits per heavy atom. The van der Waals surface area contributed by atoms with E-state index < -0.39 is 30.4 Å². The Morgan fingerprint density at radius 3 is 2.26 bits per heavy atom. The first-order valence-electron chi connectivity index (χ1n) is 6.53. The fraction of sp³-hybridized carbons (Fsp3) is 0.846. The molecule has 0 bridgehead atoms. The fourth-order valence-electron chi connectivity index (χ4n) is 1.98. The van der Waals surface area contributed by atoms with Gasteiger partial charge in [-0.05, 0) is 6.42 Å². The number of rotatable bonds is 5. The minimum absolute atomic E-state index is 0.0604. The summed E-state index contributed by atoms with van der Waals surface area (Å²) in [6.07, 6.45) is -1.14. The molecule has 1 fully saturated rings. The molecule has 1 aliphatic rings. The molecule has 1 saturated heterocycles. The monoisotopic (exact) mass is 274 g/mol. The summed E-state index contributed by atoms with van der Waals surface area (Å²) in [6.45, 7) is 7.36. The second kappa shape index (κ2) is 7.45. The van der Waals surface area contributed by atoms with E-state index in [2.05, 4.69) is 0 Å². The van der Waals surface area contributed by atoms with Crippen LogP contribution in [0.3, 0.4) is 0 Å². The zero-order chi connectivity index (χ0) is 14.4. The fourth-order valence-corrected chi connectivity index (χ4v) is 1.98. The van der Waals surface area contributed by atoms with Gasteiger partial charge in [-0.25, -0.2) is 0 Å². The van der Waals surface area contributed by atoms with Crippen LogP contribution in [0.15, 0.2) is 0 Å². The van der Waals surface area contributed by atoms with E-state index in [0.29, 0.717) is 13.2 Å². The molecule has 0 saturated carbocycles. The summed E-state index contributed by atoms with van der Waals surface area (Å²) < 4.78 is 21.5. The highest BCUT2D eigenvalue weighted by Crippen LogP contribution is 2.26. The first kappa shape index (κ1) is 15.9. The average Bonchev–Trinajstić information content (AvgIpc) is 2.32. The van der Waals surface area contributed by atoms with Crippen LogP contribution in [0.2, 0.25) is 0 Å². The van der Waals surface area contributed by atoms with Gasteiger partial charge in [-0.1, -0.05) is 13.8 Å². The second-order valence-electron chi connectivity index (χ2n) is 4.70. The molecule has 0 aliphatic carbocycles. The lowest BCUT2D eigenvalue weighted by molar-refractivity contribution is -0.267. The van der Waals surface area contributed by atoms with Gasteiger partial charge in [-0.2, -0.15) is 0 Å². The molecule has 0 radical (unpaired) electrons. The number of carbonyl (C=O) groups is 2. The van der Waals surface area contributed by atoms with Crippen molar-refractivity contribution in [3.8, 4) is 0 Å². The van der Waals surface area contributed by atoms with Gasteiger partial charge in [0, 0.05) is 26.4 Å².